The van der Waals surface area contributed by atoms with Crippen molar-refractivity contribution in [3.63, 3.8) is 0 Å². The molecule has 9 N–H and O–H groups in total. The number of hydrogen-bond acceptors (Lipinski definition) is 6. The molecule has 0 amide bonds. The third kappa shape index (κ3) is 2.57. The van der Waals surface area contributed by atoms with E-state index in [-0.39, 0.29) is 11.4 Å². The number of rotatable bonds is 2. The summed E-state index contributed by atoms with van der Waals surface area (Å²) in [7, 11) is 0. The minimum Gasteiger partial charge on any atom is -0.506 e. The SMILES string of the molecule is Nc1c(O)ccc(-c2ccc(-c3ccc(S)c(N)c3N)cc2)c1N. The second-order valence-corrected chi connectivity index (χ2v) is 5.98. The van der Waals surface area contributed by atoms with E-state index in [0.717, 1.165) is 22.3 Å². The fourth-order valence-corrected chi connectivity index (χ4v) is 2.78. The summed E-state index contributed by atoms with van der Waals surface area (Å²) >= 11 is 4.27. The molecule has 3 aromatic rings. The van der Waals surface area contributed by atoms with Crippen molar-refractivity contribution in [1.82, 2.24) is 0 Å². The number of phenolic OH excluding ortho intramolecular Hbond substituents is 1. The smallest absolute Gasteiger partial charge is 0.140 e. The summed E-state index contributed by atoms with van der Waals surface area (Å²) in [5.41, 5.74) is 28.7. The summed E-state index contributed by atoms with van der Waals surface area (Å²) in [6.45, 7) is 0. The standard InChI is InChI=1S/C18H18N4OS/c19-15-11(5-7-13(23)17(15)21)9-1-3-10(4-2-9)12-6-8-14(24)18(22)16(12)20/h1-8,23-24H,19-22H2. The zero-order valence-corrected chi connectivity index (χ0v) is 13.7. The van der Waals surface area contributed by atoms with Crippen LogP contribution in [-0.2, 0) is 0 Å². The van der Waals surface area contributed by atoms with Gasteiger partial charge in [0.15, 0.2) is 0 Å². The molecule has 3 aromatic carbocycles. The van der Waals surface area contributed by atoms with E-state index in [1.807, 2.05) is 36.4 Å². The number of hydrogen-bond donors (Lipinski definition) is 6. The lowest BCUT2D eigenvalue weighted by atomic mass is 9.97. The van der Waals surface area contributed by atoms with E-state index in [2.05, 4.69) is 12.6 Å². The summed E-state index contributed by atoms with van der Waals surface area (Å²) < 4.78 is 0. The van der Waals surface area contributed by atoms with Crippen LogP contribution >= 0.6 is 12.6 Å². The van der Waals surface area contributed by atoms with E-state index in [9.17, 15) is 5.11 Å². The van der Waals surface area contributed by atoms with Crippen molar-refractivity contribution in [1.29, 1.82) is 0 Å². The molecule has 0 aliphatic rings. The maximum absolute atomic E-state index is 9.61. The van der Waals surface area contributed by atoms with Crippen LogP contribution in [0.25, 0.3) is 22.3 Å². The fourth-order valence-electron chi connectivity index (χ4n) is 2.58. The van der Waals surface area contributed by atoms with Gasteiger partial charge in [0.25, 0.3) is 0 Å². The maximum atomic E-state index is 9.61. The summed E-state index contributed by atoms with van der Waals surface area (Å²) in [5, 5.41) is 9.61. The summed E-state index contributed by atoms with van der Waals surface area (Å²) in [4.78, 5) is 0.653. The first kappa shape index (κ1) is 15.9. The molecule has 5 nitrogen and oxygen atoms in total. The first-order valence-electron chi connectivity index (χ1n) is 7.24. The Kier molecular flexibility index (Phi) is 3.91. The normalized spacial score (nSPS) is 10.7. The van der Waals surface area contributed by atoms with Crippen LogP contribution in [0.1, 0.15) is 0 Å². The average Bonchev–Trinajstić information content (AvgIpc) is 2.58. The van der Waals surface area contributed by atoms with Crippen molar-refractivity contribution >= 4 is 35.4 Å². The van der Waals surface area contributed by atoms with Crippen molar-refractivity contribution in [2.75, 3.05) is 22.9 Å². The van der Waals surface area contributed by atoms with Gasteiger partial charge in [-0.3, -0.25) is 0 Å². The Morgan fingerprint density at radius 2 is 1.04 bits per heavy atom. The highest BCUT2D eigenvalue weighted by atomic mass is 32.1. The molecular weight excluding hydrogens is 320 g/mol. The zero-order chi connectivity index (χ0) is 17.4. The number of phenols is 1. The van der Waals surface area contributed by atoms with Crippen LogP contribution in [0.4, 0.5) is 22.7 Å². The molecular formula is C18H18N4OS. The predicted octanol–water partition coefficient (Wildman–Crippen LogP) is 3.34. The van der Waals surface area contributed by atoms with Crippen LogP contribution in [0.3, 0.4) is 0 Å². The molecule has 0 aliphatic heterocycles. The Balaban J connectivity index is 2.04. The van der Waals surface area contributed by atoms with E-state index >= 15 is 0 Å². The summed E-state index contributed by atoms with van der Waals surface area (Å²) in [6, 6.07) is 14.7. The van der Waals surface area contributed by atoms with Gasteiger partial charge in [-0.2, -0.15) is 0 Å². The van der Waals surface area contributed by atoms with Crippen molar-refractivity contribution < 1.29 is 5.11 Å². The van der Waals surface area contributed by atoms with E-state index in [4.69, 9.17) is 22.9 Å². The van der Waals surface area contributed by atoms with Gasteiger partial charge >= 0.3 is 0 Å². The molecule has 0 saturated heterocycles. The molecule has 0 radical (unpaired) electrons. The highest BCUT2D eigenvalue weighted by molar-refractivity contribution is 7.80. The number of benzene rings is 3. The molecule has 0 heterocycles. The van der Waals surface area contributed by atoms with Crippen molar-refractivity contribution in [2.45, 2.75) is 4.90 Å². The van der Waals surface area contributed by atoms with Gasteiger partial charge in [-0.05, 0) is 29.3 Å². The molecule has 0 aromatic heterocycles. The van der Waals surface area contributed by atoms with E-state index < -0.39 is 0 Å². The molecule has 6 heteroatoms. The lowest BCUT2D eigenvalue weighted by Gasteiger charge is -2.13. The van der Waals surface area contributed by atoms with Gasteiger partial charge in [0.2, 0.25) is 0 Å². The molecule has 0 bridgehead atoms. The van der Waals surface area contributed by atoms with Gasteiger partial charge in [0.05, 0.1) is 22.7 Å². The third-order valence-electron chi connectivity index (χ3n) is 4.04. The maximum Gasteiger partial charge on any atom is 0.140 e. The molecule has 0 spiro atoms. The largest absolute Gasteiger partial charge is 0.506 e. The van der Waals surface area contributed by atoms with E-state index in [1.54, 1.807) is 6.07 Å². The first-order valence-corrected chi connectivity index (χ1v) is 7.69. The Bertz CT molecular complexity index is 847. The fraction of sp³-hybridized carbons (Fsp3) is 0. The second kappa shape index (κ2) is 5.90. The number of nitrogens with two attached hydrogens (primary N) is 4. The minimum absolute atomic E-state index is 0.0250. The molecule has 0 atom stereocenters. The highest BCUT2D eigenvalue weighted by Gasteiger charge is 2.11. The Morgan fingerprint density at radius 1 is 0.583 bits per heavy atom. The van der Waals surface area contributed by atoms with Crippen molar-refractivity contribution in [3.05, 3.63) is 48.5 Å². The summed E-state index contributed by atoms with van der Waals surface area (Å²) in [6.07, 6.45) is 0. The molecule has 0 unspecified atom stereocenters. The number of aromatic hydroxyl groups is 1. The van der Waals surface area contributed by atoms with Gasteiger partial charge in [-0.1, -0.05) is 30.3 Å². The monoisotopic (exact) mass is 338 g/mol. The first-order chi connectivity index (χ1) is 11.4. The zero-order valence-electron chi connectivity index (χ0n) is 12.8. The quantitative estimate of drug-likeness (QED) is 0.243. The van der Waals surface area contributed by atoms with Gasteiger partial charge in [-0.15, -0.1) is 12.6 Å². The molecule has 24 heavy (non-hydrogen) atoms. The van der Waals surface area contributed by atoms with Crippen LogP contribution in [0.5, 0.6) is 5.75 Å². The number of thiol groups is 1. The van der Waals surface area contributed by atoms with Crippen molar-refractivity contribution in [2.24, 2.45) is 0 Å². The minimum atomic E-state index is -0.0250. The lowest BCUT2D eigenvalue weighted by molar-refractivity contribution is 0.478. The van der Waals surface area contributed by atoms with Gasteiger partial charge < -0.3 is 28.0 Å². The van der Waals surface area contributed by atoms with Crippen LogP contribution in [0.15, 0.2) is 53.4 Å². The van der Waals surface area contributed by atoms with Crippen LogP contribution in [0, 0.1) is 0 Å². The van der Waals surface area contributed by atoms with Gasteiger partial charge in [0, 0.05) is 16.0 Å². The van der Waals surface area contributed by atoms with Gasteiger partial charge in [-0.25, -0.2) is 0 Å². The van der Waals surface area contributed by atoms with Crippen LogP contribution in [-0.4, -0.2) is 5.11 Å². The van der Waals surface area contributed by atoms with Crippen molar-refractivity contribution in [3.8, 4) is 28.0 Å². The van der Waals surface area contributed by atoms with E-state index in [1.165, 1.54) is 6.07 Å². The molecule has 122 valence electrons. The third-order valence-corrected chi connectivity index (χ3v) is 4.43. The molecule has 3 rings (SSSR count). The number of nitrogen functional groups attached to an aromatic ring is 4. The Morgan fingerprint density at radius 3 is 1.58 bits per heavy atom. The molecule has 0 fully saturated rings. The number of anilines is 4. The lowest BCUT2D eigenvalue weighted by Crippen LogP contribution is -1.99. The Hall–Kier alpha value is -2.99. The topological polar surface area (TPSA) is 124 Å². The molecule has 0 saturated carbocycles. The second-order valence-electron chi connectivity index (χ2n) is 5.50. The average molecular weight is 338 g/mol. The highest BCUT2D eigenvalue weighted by Crippen LogP contribution is 2.38. The summed E-state index contributed by atoms with van der Waals surface area (Å²) in [5.74, 6) is -0.0250. The predicted molar refractivity (Wildman–Crippen MR) is 104 cm³/mol. The Labute approximate surface area is 145 Å². The van der Waals surface area contributed by atoms with Crippen LogP contribution in [0.2, 0.25) is 0 Å². The molecule has 0 aliphatic carbocycles. The van der Waals surface area contributed by atoms with Gasteiger partial charge in [0.1, 0.15) is 5.75 Å². The van der Waals surface area contributed by atoms with Crippen LogP contribution < -0.4 is 22.9 Å². The van der Waals surface area contributed by atoms with E-state index in [0.29, 0.717) is 22.0 Å².